The van der Waals surface area contributed by atoms with Gasteiger partial charge in [-0.3, -0.25) is 0 Å². The van der Waals surface area contributed by atoms with E-state index in [0.29, 0.717) is 17.5 Å². The molecule has 0 bridgehead atoms. The van der Waals surface area contributed by atoms with Crippen molar-refractivity contribution >= 4 is 75.3 Å². The summed E-state index contributed by atoms with van der Waals surface area (Å²) in [5.74, 6) is 1.85. The fourth-order valence-electron chi connectivity index (χ4n) is 8.36. The monoisotopic (exact) mass is 746 g/mol. The molecule has 0 amide bonds. The van der Waals surface area contributed by atoms with Crippen LogP contribution in [0.5, 0.6) is 0 Å². The minimum Gasteiger partial charge on any atom is -0.455 e. The van der Waals surface area contributed by atoms with Crippen molar-refractivity contribution in [2.45, 2.75) is 0 Å². The van der Waals surface area contributed by atoms with Crippen molar-refractivity contribution in [3.05, 3.63) is 182 Å². The van der Waals surface area contributed by atoms with Gasteiger partial charge >= 0.3 is 0 Å². The van der Waals surface area contributed by atoms with E-state index in [-0.39, 0.29) is 0 Å². The van der Waals surface area contributed by atoms with E-state index in [2.05, 4.69) is 126 Å². The maximum Gasteiger partial charge on any atom is 0.164 e. The third-order valence-corrected chi connectivity index (χ3v) is 12.2. The number of hydrogen-bond donors (Lipinski definition) is 0. The summed E-state index contributed by atoms with van der Waals surface area (Å²) in [5.41, 5.74) is 10.0. The van der Waals surface area contributed by atoms with E-state index in [1.54, 1.807) is 0 Å². The Kier molecular flexibility index (Phi) is 7.03. The van der Waals surface area contributed by atoms with Gasteiger partial charge in [0.15, 0.2) is 17.5 Å². The Morgan fingerprint density at radius 3 is 1.77 bits per heavy atom. The van der Waals surface area contributed by atoms with Crippen LogP contribution in [0.1, 0.15) is 0 Å². The van der Waals surface area contributed by atoms with Gasteiger partial charge in [-0.05, 0) is 60.2 Å². The first-order chi connectivity index (χ1) is 28.2. The number of nitrogens with zero attached hydrogens (tertiary/aromatic N) is 4. The second kappa shape index (κ2) is 12.6. The molecule has 12 aromatic rings. The Morgan fingerprint density at radius 1 is 0.386 bits per heavy atom. The molecule has 6 heteroatoms. The third-order valence-electron chi connectivity index (χ3n) is 11.0. The highest BCUT2D eigenvalue weighted by atomic mass is 32.1. The van der Waals surface area contributed by atoms with E-state index < -0.39 is 0 Å². The number of para-hydroxylation sites is 2. The molecule has 0 radical (unpaired) electrons. The van der Waals surface area contributed by atoms with Gasteiger partial charge in [0.05, 0.1) is 11.0 Å². The molecule has 0 unspecified atom stereocenters. The van der Waals surface area contributed by atoms with E-state index in [9.17, 15) is 0 Å². The fourth-order valence-corrected chi connectivity index (χ4v) is 9.48. The number of fused-ring (bicyclic) bond motifs is 9. The zero-order valence-corrected chi connectivity index (χ0v) is 31.2. The van der Waals surface area contributed by atoms with Crippen LogP contribution in [0.15, 0.2) is 186 Å². The van der Waals surface area contributed by atoms with Crippen LogP contribution in [0.4, 0.5) is 0 Å². The summed E-state index contributed by atoms with van der Waals surface area (Å²) >= 11 is 1.86. The molecule has 4 heterocycles. The van der Waals surface area contributed by atoms with Gasteiger partial charge in [0, 0.05) is 69.7 Å². The summed E-state index contributed by atoms with van der Waals surface area (Å²) in [7, 11) is 0. The van der Waals surface area contributed by atoms with Crippen molar-refractivity contribution < 1.29 is 4.42 Å². The average molecular weight is 747 g/mol. The van der Waals surface area contributed by atoms with Crippen LogP contribution < -0.4 is 0 Å². The Morgan fingerprint density at radius 2 is 1.02 bits per heavy atom. The van der Waals surface area contributed by atoms with Gasteiger partial charge in [-0.15, -0.1) is 11.3 Å². The molecule has 12 rings (SSSR count). The minimum absolute atomic E-state index is 0.595. The molecule has 0 aliphatic rings. The van der Waals surface area contributed by atoms with Crippen LogP contribution in [0.3, 0.4) is 0 Å². The topological polar surface area (TPSA) is 56.7 Å². The SMILES string of the molecule is c1ccc(-c2nc(-c3ccccc3)nc(-c3ccc4c(c3)oc3c(-c5ccc6c(c5)c5cc7c(cc5n6-c5ccccc5)sc5ccccc57)cccc34)n2)cc1. The maximum atomic E-state index is 6.82. The van der Waals surface area contributed by atoms with Crippen LogP contribution in [-0.2, 0) is 0 Å². The van der Waals surface area contributed by atoms with Crippen LogP contribution in [0, 0.1) is 0 Å². The molecule has 0 aliphatic carbocycles. The lowest BCUT2D eigenvalue weighted by Gasteiger charge is -2.08. The summed E-state index contributed by atoms with van der Waals surface area (Å²) in [6.45, 7) is 0. The largest absolute Gasteiger partial charge is 0.455 e. The molecular weight excluding hydrogens is 717 g/mol. The van der Waals surface area contributed by atoms with Crippen molar-refractivity contribution in [1.29, 1.82) is 0 Å². The van der Waals surface area contributed by atoms with Crippen molar-refractivity contribution in [3.8, 4) is 51.0 Å². The lowest BCUT2D eigenvalue weighted by Crippen LogP contribution is -2.00. The lowest BCUT2D eigenvalue weighted by molar-refractivity contribution is 0.670. The Labute approximate surface area is 330 Å². The van der Waals surface area contributed by atoms with Crippen molar-refractivity contribution in [2.75, 3.05) is 0 Å². The van der Waals surface area contributed by atoms with Gasteiger partial charge < -0.3 is 8.98 Å². The molecule has 0 saturated heterocycles. The molecule has 0 saturated carbocycles. The first-order valence-electron chi connectivity index (χ1n) is 19.0. The summed E-state index contributed by atoms with van der Waals surface area (Å²) in [5, 5.41) is 7.14. The Hall–Kier alpha value is -7.41. The summed E-state index contributed by atoms with van der Waals surface area (Å²) < 4.78 is 11.8. The summed E-state index contributed by atoms with van der Waals surface area (Å²) in [6, 6.07) is 63.8. The first kappa shape index (κ1) is 31.9. The van der Waals surface area contributed by atoms with Crippen LogP contribution >= 0.6 is 11.3 Å². The zero-order valence-electron chi connectivity index (χ0n) is 30.4. The molecule has 266 valence electrons. The minimum atomic E-state index is 0.595. The third kappa shape index (κ3) is 5.12. The highest BCUT2D eigenvalue weighted by molar-refractivity contribution is 7.25. The zero-order chi connectivity index (χ0) is 37.5. The molecule has 0 fully saturated rings. The maximum absolute atomic E-state index is 6.82. The van der Waals surface area contributed by atoms with Gasteiger partial charge in [0.2, 0.25) is 0 Å². The van der Waals surface area contributed by atoms with Gasteiger partial charge in [-0.1, -0.05) is 127 Å². The molecule has 0 aliphatic heterocycles. The van der Waals surface area contributed by atoms with Gasteiger partial charge in [-0.2, -0.15) is 0 Å². The summed E-state index contributed by atoms with van der Waals surface area (Å²) in [4.78, 5) is 14.8. The van der Waals surface area contributed by atoms with E-state index in [1.807, 2.05) is 72.0 Å². The molecule has 4 aromatic heterocycles. The Balaban J connectivity index is 1.03. The van der Waals surface area contributed by atoms with Crippen molar-refractivity contribution in [1.82, 2.24) is 19.5 Å². The molecule has 8 aromatic carbocycles. The number of thiophene rings is 1. The molecule has 0 N–H and O–H groups in total. The van der Waals surface area contributed by atoms with E-state index in [4.69, 9.17) is 19.4 Å². The number of aromatic nitrogens is 4. The number of rotatable bonds is 5. The number of hydrogen-bond acceptors (Lipinski definition) is 5. The molecule has 57 heavy (non-hydrogen) atoms. The standard InChI is InChI=1S/C51H30N4OS/c1-4-13-31(14-5-1)49-52-50(32-15-6-2-7-16-32)54-51(53-49)34-23-25-37-39-21-12-20-36(48(39)56-45(37)28-34)33-24-26-43-40(27-33)41-29-42-38-19-10-11-22-46(38)57-47(42)30-44(41)55(43)35-17-8-3-9-18-35/h1-30H. The highest BCUT2D eigenvalue weighted by Crippen LogP contribution is 2.43. The van der Waals surface area contributed by atoms with E-state index in [0.717, 1.165) is 55.4 Å². The molecule has 5 nitrogen and oxygen atoms in total. The second-order valence-electron chi connectivity index (χ2n) is 14.4. The van der Waals surface area contributed by atoms with Gasteiger partial charge in [0.1, 0.15) is 11.2 Å². The number of benzene rings is 8. The predicted molar refractivity (Wildman–Crippen MR) is 236 cm³/mol. The smallest absolute Gasteiger partial charge is 0.164 e. The van der Waals surface area contributed by atoms with Gasteiger partial charge in [0.25, 0.3) is 0 Å². The van der Waals surface area contributed by atoms with Crippen LogP contribution in [0.25, 0.3) is 115 Å². The highest BCUT2D eigenvalue weighted by Gasteiger charge is 2.19. The summed E-state index contributed by atoms with van der Waals surface area (Å²) in [6.07, 6.45) is 0. The van der Waals surface area contributed by atoms with E-state index >= 15 is 0 Å². The fraction of sp³-hybridized carbons (Fsp3) is 0. The number of furan rings is 1. The average Bonchev–Trinajstić information content (AvgIpc) is 3.94. The lowest BCUT2D eigenvalue weighted by atomic mass is 9.99. The molecule has 0 spiro atoms. The molecular formula is C51H30N4OS. The van der Waals surface area contributed by atoms with Gasteiger partial charge in [-0.25, -0.2) is 15.0 Å². The van der Waals surface area contributed by atoms with E-state index in [1.165, 1.54) is 42.0 Å². The van der Waals surface area contributed by atoms with Crippen LogP contribution in [-0.4, -0.2) is 19.5 Å². The predicted octanol–water partition coefficient (Wildman–Crippen LogP) is 13.9. The van der Waals surface area contributed by atoms with Crippen molar-refractivity contribution in [3.63, 3.8) is 0 Å². The van der Waals surface area contributed by atoms with Crippen molar-refractivity contribution in [2.24, 2.45) is 0 Å². The second-order valence-corrected chi connectivity index (χ2v) is 15.5. The Bertz CT molecular complexity index is 3460. The quantitative estimate of drug-likeness (QED) is 0.176. The first-order valence-corrected chi connectivity index (χ1v) is 19.8. The molecule has 0 atom stereocenters. The van der Waals surface area contributed by atoms with Crippen LogP contribution in [0.2, 0.25) is 0 Å². The normalized spacial score (nSPS) is 11.9.